The van der Waals surface area contributed by atoms with Crippen LogP contribution < -0.4 is 4.74 Å². The van der Waals surface area contributed by atoms with Crippen LogP contribution in [-0.4, -0.2) is 149 Å². The van der Waals surface area contributed by atoms with E-state index in [9.17, 15) is 45.6 Å². The zero-order valence-electron chi connectivity index (χ0n) is 22.5. The molecule has 0 amide bonds. The minimum Gasteiger partial charge on any atom is -0.492 e. The molecule has 0 radical (unpaired) electrons. The highest BCUT2D eigenvalue weighted by Crippen LogP contribution is 2.21. The van der Waals surface area contributed by atoms with E-state index in [2.05, 4.69) is 0 Å². The molecule has 40 heavy (non-hydrogen) atoms. The second-order valence-electron chi connectivity index (χ2n) is 9.61. The number of carbonyl (C=O) groups is 1. The Morgan fingerprint density at radius 1 is 0.825 bits per heavy atom. The molecule has 0 aliphatic heterocycles. The molecule has 0 bridgehead atoms. The third-order valence-corrected chi connectivity index (χ3v) is 7.20. The van der Waals surface area contributed by atoms with Crippen LogP contribution in [0, 0.1) is 5.92 Å². The molecule has 8 atom stereocenters. The minimum absolute atomic E-state index is 0. The lowest BCUT2D eigenvalue weighted by molar-refractivity contribution is -0.130. The van der Waals surface area contributed by atoms with Crippen LogP contribution in [0.4, 0.5) is 0 Å². The predicted octanol–water partition coefficient (Wildman–Crippen LogP) is -2.92. The summed E-state index contributed by atoms with van der Waals surface area (Å²) < 4.78 is 5.75. The van der Waals surface area contributed by atoms with Gasteiger partial charge in [0, 0.05) is 31.3 Å². The zero-order valence-corrected chi connectivity index (χ0v) is 24.1. The number of aliphatic hydroxyl groups is 10. The molecule has 0 aliphatic carbocycles. The van der Waals surface area contributed by atoms with Crippen molar-refractivity contribution in [2.45, 2.75) is 68.4 Å². The second kappa shape index (κ2) is 19.9. The molecule has 0 saturated heterocycles. The van der Waals surface area contributed by atoms with Crippen LogP contribution in [0.15, 0.2) is 24.3 Å². The number of hydrogen-bond acceptors (Lipinski definition) is 14. The van der Waals surface area contributed by atoms with Crippen LogP contribution in [0.2, 0.25) is 0 Å². The lowest BCUT2D eigenvalue weighted by atomic mass is 10.0. The van der Waals surface area contributed by atoms with Gasteiger partial charge in [0.1, 0.15) is 49.0 Å². The molecular formula is C25H44ClNO12S. The van der Waals surface area contributed by atoms with E-state index in [1.54, 1.807) is 18.2 Å². The van der Waals surface area contributed by atoms with E-state index in [1.165, 1.54) is 16.7 Å². The van der Waals surface area contributed by atoms with E-state index in [1.807, 2.05) is 19.9 Å². The molecule has 1 aromatic carbocycles. The highest BCUT2D eigenvalue weighted by Gasteiger charge is 2.34. The fraction of sp³-hybridized carbons (Fsp3) is 0.720. The predicted molar refractivity (Wildman–Crippen MR) is 149 cm³/mol. The van der Waals surface area contributed by atoms with Gasteiger partial charge in [-0.15, -0.1) is 12.4 Å². The lowest BCUT2D eigenvalue weighted by Crippen LogP contribution is -2.53. The van der Waals surface area contributed by atoms with Crippen LogP contribution in [-0.2, 0) is 10.5 Å². The summed E-state index contributed by atoms with van der Waals surface area (Å²) in [6.45, 7) is 1.14. The summed E-state index contributed by atoms with van der Waals surface area (Å²) in [7, 11) is 0. The van der Waals surface area contributed by atoms with Crippen molar-refractivity contribution >= 4 is 29.3 Å². The number of halogens is 1. The van der Waals surface area contributed by atoms with E-state index in [4.69, 9.17) is 14.9 Å². The molecule has 0 saturated carbocycles. The van der Waals surface area contributed by atoms with Crippen molar-refractivity contribution in [3.05, 3.63) is 29.8 Å². The quantitative estimate of drug-likeness (QED) is 0.0749. The number of nitrogens with zero attached hydrogens (tertiary/aromatic N) is 1. The van der Waals surface area contributed by atoms with Gasteiger partial charge in [0.05, 0.1) is 25.4 Å². The molecular weight excluding hydrogens is 574 g/mol. The minimum atomic E-state index is -1.87. The van der Waals surface area contributed by atoms with Gasteiger partial charge in [-0.2, -0.15) is 0 Å². The van der Waals surface area contributed by atoms with Gasteiger partial charge >= 0.3 is 0 Å². The van der Waals surface area contributed by atoms with Crippen molar-refractivity contribution in [2.75, 3.05) is 39.5 Å². The standard InChI is InChI=1S/C25H43NO12S.ClH/c1-14(2)25(37)39-13-15-4-3-5-16(8-15)38-7-6-26(9-17(29)21(33)23(35)19(31)11-27)10-18(30)22(34)24(36)20(32)12-28;/h3-5,8,14,17-24,27-36H,6-7,9-13H2,1-2H3;1H/t17-,18-,19-,20-,21-,22-,23-,24-;/m1./s1. The molecule has 0 aromatic heterocycles. The summed E-state index contributed by atoms with van der Waals surface area (Å²) in [5, 5.41) is 98.0. The number of thioether (sulfide) groups is 1. The summed E-state index contributed by atoms with van der Waals surface area (Å²) in [6, 6.07) is 7.04. The SMILES string of the molecule is CC(C)C(=O)SCc1cccc(OCCN(C[C@@H](O)[C@@H](O)[C@H](O)[C@H](O)CO)C[C@@H](O)[C@@H](O)[C@H](O)[C@H](O)CO)c1.Cl. The second-order valence-corrected chi connectivity index (χ2v) is 10.6. The number of carbonyl (C=O) groups excluding carboxylic acids is 1. The highest BCUT2D eigenvalue weighted by atomic mass is 35.5. The Kier molecular flexibility index (Phi) is 19.4. The van der Waals surface area contributed by atoms with Gasteiger partial charge in [0.25, 0.3) is 0 Å². The molecule has 10 N–H and O–H groups in total. The topological polar surface area (TPSA) is 232 Å². The molecule has 0 fully saturated rings. The molecule has 0 aliphatic rings. The number of benzene rings is 1. The van der Waals surface area contributed by atoms with Crippen molar-refractivity contribution in [1.82, 2.24) is 4.90 Å². The van der Waals surface area contributed by atoms with Crippen LogP contribution in [0.1, 0.15) is 19.4 Å². The Morgan fingerprint density at radius 2 is 1.30 bits per heavy atom. The normalized spacial score (nSPS) is 17.9. The number of hydrogen-bond donors (Lipinski definition) is 10. The number of aliphatic hydroxyl groups excluding tert-OH is 10. The van der Waals surface area contributed by atoms with Crippen LogP contribution in [0.3, 0.4) is 0 Å². The molecule has 0 heterocycles. The first-order valence-corrected chi connectivity index (χ1v) is 13.6. The van der Waals surface area contributed by atoms with Crippen molar-refractivity contribution in [3.63, 3.8) is 0 Å². The monoisotopic (exact) mass is 617 g/mol. The summed E-state index contributed by atoms with van der Waals surface area (Å²) in [4.78, 5) is 13.2. The van der Waals surface area contributed by atoms with Crippen molar-refractivity contribution in [3.8, 4) is 5.75 Å². The largest absolute Gasteiger partial charge is 0.492 e. The average Bonchev–Trinajstić information content (AvgIpc) is 2.93. The lowest BCUT2D eigenvalue weighted by Gasteiger charge is -2.33. The Labute approximate surface area is 244 Å². The molecule has 234 valence electrons. The van der Waals surface area contributed by atoms with Gasteiger partial charge in [-0.1, -0.05) is 37.7 Å². The Bertz CT molecular complexity index is 811. The summed E-state index contributed by atoms with van der Waals surface area (Å²) in [6.07, 6.45) is -14.3. The van der Waals surface area contributed by atoms with Gasteiger partial charge in [-0.05, 0) is 17.7 Å². The third kappa shape index (κ3) is 13.2. The van der Waals surface area contributed by atoms with Crippen molar-refractivity contribution in [1.29, 1.82) is 0 Å². The molecule has 15 heteroatoms. The smallest absolute Gasteiger partial charge is 0.191 e. The van der Waals surface area contributed by atoms with Gasteiger partial charge in [0.2, 0.25) is 0 Å². The fourth-order valence-corrected chi connectivity index (χ4v) is 4.29. The first kappa shape index (κ1) is 38.9. The van der Waals surface area contributed by atoms with Gasteiger partial charge in [0.15, 0.2) is 5.12 Å². The molecule has 1 aromatic rings. The maximum atomic E-state index is 11.9. The van der Waals surface area contributed by atoms with Gasteiger partial charge in [-0.25, -0.2) is 0 Å². The average molecular weight is 618 g/mol. The first-order chi connectivity index (χ1) is 18.3. The Balaban J connectivity index is 0.0000152. The van der Waals surface area contributed by atoms with E-state index >= 15 is 0 Å². The fourth-order valence-electron chi connectivity index (χ4n) is 3.47. The number of ether oxygens (including phenoxy) is 1. The molecule has 0 spiro atoms. The van der Waals surface area contributed by atoms with E-state index in [-0.39, 0.29) is 36.6 Å². The maximum Gasteiger partial charge on any atom is 0.191 e. The first-order valence-electron chi connectivity index (χ1n) is 12.6. The Morgan fingerprint density at radius 3 is 1.75 bits per heavy atom. The van der Waals surface area contributed by atoms with Crippen LogP contribution in [0.5, 0.6) is 5.75 Å². The van der Waals surface area contributed by atoms with E-state index in [0.29, 0.717) is 11.5 Å². The summed E-state index contributed by atoms with van der Waals surface area (Å²) in [5.41, 5.74) is 0.855. The summed E-state index contributed by atoms with van der Waals surface area (Å²) >= 11 is 1.19. The zero-order chi connectivity index (χ0) is 29.7. The van der Waals surface area contributed by atoms with E-state index < -0.39 is 75.1 Å². The van der Waals surface area contributed by atoms with Gasteiger partial charge in [-0.3, -0.25) is 9.69 Å². The van der Waals surface area contributed by atoms with Crippen molar-refractivity contribution in [2.24, 2.45) is 5.92 Å². The summed E-state index contributed by atoms with van der Waals surface area (Å²) in [5.74, 6) is 0.844. The maximum absolute atomic E-state index is 11.9. The van der Waals surface area contributed by atoms with Crippen LogP contribution >= 0.6 is 24.2 Å². The molecule has 1 rings (SSSR count). The van der Waals surface area contributed by atoms with Crippen LogP contribution in [0.25, 0.3) is 0 Å². The van der Waals surface area contributed by atoms with E-state index in [0.717, 1.165) is 5.56 Å². The number of rotatable bonds is 19. The van der Waals surface area contributed by atoms with Crippen molar-refractivity contribution < 1.29 is 60.6 Å². The molecule has 13 nitrogen and oxygen atoms in total. The molecule has 0 unspecified atom stereocenters. The Hall–Kier alpha value is -1.11. The highest BCUT2D eigenvalue weighted by molar-refractivity contribution is 8.13. The third-order valence-electron chi connectivity index (χ3n) is 5.97. The van der Waals surface area contributed by atoms with Gasteiger partial charge < -0.3 is 55.8 Å².